The van der Waals surface area contributed by atoms with Crippen molar-refractivity contribution in [3.63, 3.8) is 0 Å². The molecular weight excluding hydrogens is 289 g/mol. The van der Waals surface area contributed by atoms with Crippen LogP contribution >= 0.6 is 0 Å². The fourth-order valence-electron chi connectivity index (χ4n) is 3.44. The van der Waals surface area contributed by atoms with E-state index in [9.17, 15) is 14.0 Å². The fourth-order valence-corrected chi connectivity index (χ4v) is 3.44. The molecule has 0 saturated carbocycles. The van der Waals surface area contributed by atoms with E-state index in [1.165, 1.54) is 12.3 Å². The quantitative estimate of drug-likeness (QED) is 0.861. The van der Waals surface area contributed by atoms with E-state index in [0.29, 0.717) is 32.7 Å². The predicted molar refractivity (Wildman–Crippen MR) is 75.5 cm³/mol. The highest BCUT2D eigenvalue weighted by molar-refractivity contribution is 5.95. The molecule has 0 aliphatic carbocycles. The van der Waals surface area contributed by atoms with Gasteiger partial charge in [-0.3, -0.25) is 14.6 Å². The van der Waals surface area contributed by atoms with Gasteiger partial charge in [0.1, 0.15) is 5.82 Å². The third kappa shape index (κ3) is 2.35. The van der Waals surface area contributed by atoms with Crippen LogP contribution in [-0.4, -0.2) is 55.0 Å². The molecule has 6 nitrogen and oxygen atoms in total. The maximum atomic E-state index is 13.3. The van der Waals surface area contributed by atoms with Gasteiger partial charge in [0, 0.05) is 38.9 Å². The van der Waals surface area contributed by atoms with E-state index in [1.807, 2.05) is 0 Å². The van der Waals surface area contributed by atoms with E-state index in [4.69, 9.17) is 4.74 Å². The van der Waals surface area contributed by atoms with Gasteiger partial charge in [0.2, 0.25) is 5.91 Å². The summed E-state index contributed by atoms with van der Waals surface area (Å²) < 4.78 is 18.7. The second-order valence-corrected chi connectivity index (χ2v) is 5.83. The van der Waals surface area contributed by atoms with Gasteiger partial charge in [0.15, 0.2) is 0 Å². The molecule has 2 amide bonds. The van der Waals surface area contributed by atoms with Gasteiger partial charge in [-0.05, 0) is 12.5 Å². The molecule has 2 aliphatic rings. The Morgan fingerprint density at radius 3 is 3.05 bits per heavy atom. The molecule has 2 fully saturated rings. The van der Waals surface area contributed by atoms with E-state index in [1.54, 1.807) is 11.9 Å². The van der Waals surface area contributed by atoms with Crippen LogP contribution in [0.3, 0.4) is 0 Å². The van der Waals surface area contributed by atoms with E-state index < -0.39 is 11.2 Å². The number of nitrogens with one attached hydrogen (secondary N) is 1. The summed E-state index contributed by atoms with van der Waals surface area (Å²) in [6.07, 6.45) is 2.99. The lowest BCUT2D eigenvalue weighted by Gasteiger charge is -2.36. The molecule has 3 rings (SSSR count). The van der Waals surface area contributed by atoms with Gasteiger partial charge in [0.25, 0.3) is 5.91 Å². The Morgan fingerprint density at radius 1 is 1.50 bits per heavy atom. The number of nitrogens with zero attached hydrogens (tertiary/aromatic N) is 2. The lowest BCUT2D eigenvalue weighted by molar-refractivity contribution is -0.138. The first kappa shape index (κ1) is 14.9. The molecule has 7 heteroatoms. The average Bonchev–Trinajstić information content (AvgIpc) is 2.94. The van der Waals surface area contributed by atoms with Crippen molar-refractivity contribution in [1.82, 2.24) is 15.2 Å². The number of hydrogen-bond donors (Lipinski definition) is 1. The molecule has 2 atom stereocenters. The fraction of sp³-hybridized carbons (Fsp3) is 0.533. The SMILES string of the molecule is CNC(=O)[C@]12CCOC[C@H]1CN(C(=O)c1cncc(F)c1)C2. The number of carbonyl (C=O) groups excluding carboxylic acids is 2. The third-order valence-electron chi connectivity index (χ3n) is 4.63. The van der Waals surface area contributed by atoms with Crippen LogP contribution in [0.5, 0.6) is 0 Å². The number of rotatable bonds is 2. The highest BCUT2D eigenvalue weighted by atomic mass is 19.1. The highest BCUT2D eigenvalue weighted by Crippen LogP contribution is 2.42. The lowest BCUT2D eigenvalue weighted by Crippen LogP contribution is -2.49. The molecule has 2 saturated heterocycles. The second kappa shape index (κ2) is 5.64. The normalized spacial score (nSPS) is 27.4. The Labute approximate surface area is 127 Å². The standard InChI is InChI=1S/C15H18FN3O3/c1-17-14(21)15-2-3-22-8-11(15)7-19(9-15)13(20)10-4-12(16)6-18-5-10/h4-6,11H,2-3,7-9H2,1H3,(H,17,21)/t11-,15+/m1/s1. The summed E-state index contributed by atoms with van der Waals surface area (Å²) in [5.41, 5.74) is -0.407. The van der Waals surface area contributed by atoms with Crippen LogP contribution in [0.4, 0.5) is 4.39 Å². The molecule has 22 heavy (non-hydrogen) atoms. The molecule has 0 aromatic carbocycles. The average molecular weight is 307 g/mol. The highest BCUT2D eigenvalue weighted by Gasteiger charge is 2.54. The number of fused-ring (bicyclic) bond motifs is 1. The maximum Gasteiger partial charge on any atom is 0.255 e. The minimum absolute atomic E-state index is 0.0355. The summed E-state index contributed by atoms with van der Waals surface area (Å²) in [4.78, 5) is 30.2. The van der Waals surface area contributed by atoms with Crippen LogP contribution < -0.4 is 5.32 Å². The second-order valence-electron chi connectivity index (χ2n) is 5.83. The molecule has 2 aliphatic heterocycles. The van der Waals surface area contributed by atoms with Gasteiger partial charge in [-0.2, -0.15) is 0 Å². The number of halogens is 1. The Hall–Kier alpha value is -2.02. The zero-order valence-electron chi connectivity index (χ0n) is 12.3. The van der Waals surface area contributed by atoms with Crippen molar-refractivity contribution >= 4 is 11.8 Å². The van der Waals surface area contributed by atoms with Crippen LogP contribution in [0.25, 0.3) is 0 Å². The van der Waals surface area contributed by atoms with Crippen LogP contribution in [0.2, 0.25) is 0 Å². The monoisotopic (exact) mass is 307 g/mol. The smallest absolute Gasteiger partial charge is 0.255 e. The first-order valence-electron chi connectivity index (χ1n) is 7.26. The van der Waals surface area contributed by atoms with Gasteiger partial charge >= 0.3 is 0 Å². The largest absolute Gasteiger partial charge is 0.381 e. The minimum atomic E-state index is -0.608. The predicted octanol–water partition coefficient (Wildman–Crippen LogP) is 0.445. The summed E-state index contributed by atoms with van der Waals surface area (Å²) >= 11 is 0. The molecule has 0 radical (unpaired) electrons. The van der Waals surface area contributed by atoms with Gasteiger partial charge in [-0.25, -0.2) is 4.39 Å². The number of aromatic nitrogens is 1. The first-order chi connectivity index (χ1) is 10.6. The van der Waals surface area contributed by atoms with Crippen LogP contribution in [0.1, 0.15) is 16.8 Å². The topological polar surface area (TPSA) is 71.5 Å². The van der Waals surface area contributed by atoms with E-state index in [2.05, 4.69) is 10.3 Å². The number of pyridine rings is 1. The number of ether oxygens (including phenoxy) is 1. The third-order valence-corrected chi connectivity index (χ3v) is 4.63. The van der Waals surface area contributed by atoms with Crippen molar-refractivity contribution in [1.29, 1.82) is 0 Å². The van der Waals surface area contributed by atoms with Crippen LogP contribution in [-0.2, 0) is 9.53 Å². The van der Waals surface area contributed by atoms with Gasteiger partial charge < -0.3 is 15.0 Å². The number of amides is 2. The molecule has 0 unspecified atom stereocenters. The Morgan fingerprint density at radius 2 is 2.32 bits per heavy atom. The summed E-state index contributed by atoms with van der Waals surface area (Å²) in [5.74, 6) is -0.948. The zero-order valence-corrected chi connectivity index (χ0v) is 12.3. The van der Waals surface area contributed by atoms with Crippen LogP contribution in [0.15, 0.2) is 18.5 Å². The first-order valence-corrected chi connectivity index (χ1v) is 7.26. The summed E-state index contributed by atoms with van der Waals surface area (Å²) in [6, 6.07) is 1.17. The van der Waals surface area contributed by atoms with Gasteiger partial charge in [-0.1, -0.05) is 0 Å². The molecule has 118 valence electrons. The van der Waals surface area contributed by atoms with Crippen molar-refractivity contribution in [3.8, 4) is 0 Å². The van der Waals surface area contributed by atoms with Crippen molar-refractivity contribution in [2.75, 3.05) is 33.4 Å². The summed E-state index contributed by atoms with van der Waals surface area (Å²) in [6.45, 7) is 1.73. The van der Waals surface area contributed by atoms with E-state index in [0.717, 1.165) is 6.20 Å². The van der Waals surface area contributed by atoms with Crippen LogP contribution in [0, 0.1) is 17.2 Å². The minimum Gasteiger partial charge on any atom is -0.381 e. The lowest BCUT2D eigenvalue weighted by atomic mass is 9.73. The molecule has 0 spiro atoms. The van der Waals surface area contributed by atoms with Gasteiger partial charge in [0.05, 0.1) is 23.8 Å². The molecule has 1 aromatic rings. The van der Waals surface area contributed by atoms with E-state index in [-0.39, 0.29) is 23.3 Å². The van der Waals surface area contributed by atoms with E-state index >= 15 is 0 Å². The molecule has 1 N–H and O–H groups in total. The number of carbonyl (C=O) groups is 2. The van der Waals surface area contributed by atoms with Gasteiger partial charge in [-0.15, -0.1) is 0 Å². The summed E-state index contributed by atoms with van der Waals surface area (Å²) in [7, 11) is 1.60. The van der Waals surface area contributed by atoms with Crippen molar-refractivity contribution in [2.45, 2.75) is 6.42 Å². The molecule has 3 heterocycles. The van der Waals surface area contributed by atoms with Crippen molar-refractivity contribution in [3.05, 3.63) is 29.8 Å². The Balaban J connectivity index is 1.85. The Kier molecular flexibility index (Phi) is 3.82. The molecular formula is C15H18FN3O3. The van der Waals surface area contributed by atoms with Crippen molar-refractivity contribution < 1.29 is 18.7 Å². The maximum absolute atomic E-state index is 13.3. The van der Waals surface area contributed by atoms with Crippen molar-refractivity contribution in [2.24, 2.45) is 11.3 Å². The molecule has 1 aromatic heterocycles. The number of likely N-dealkylation sites (tertiary alicyclic amines) is 1. The molecule has 0 bridgehead atoms. The Bertz CT molecular complexity index is 609. The zero-order chi connectivity index (χ0) is 15.7. The number of hydrogen-bond acceptors (Lipinski definition) is 4. The summed E-state index contributed by atoms with van der Waals surface area (Å²) in [5, 5.41) is 2.70.